The van der Waals surface area contributed by atoms with Crippen LogP contribution in [-0.2, 0) is 9.59 Å². The highest BCUT2D eigenvalue weighted by atomic mass is 16.2. The van der Waals surface area contributed by atoms with Crippen molar-refractivity contribution >= 4 is 17.5 Å². The zero-order chi connectivity index (χ0) is 15.8. The van der Waals surface area contributed by atoms with Crippen LogP contribution in [0.2, 0.25) is 0 Å². The van der Waals surface area contributed by atoms with Gasteiger partial charge in [-0.3, -0.25) is 9.59 Å². The number of anilines is 1. The minimum absolute atomic E-state index is 0.0201. The van der Waals surface area contributed by atoms with Crippen molar-refractivity contribution in [1.29, 1.82) is 0 Å². The summed E-state index contributed by atoms with van der Waals surface area (Å²) in [7, 11) is 1.84. The highest BCUT2D eigenvalue weighted by Crippen LogP contribution is 2.13. The van der Waals surface area contributed by atoms with Gasteiger partial charge in [0.05, 0.1) is 7.05 Å². The molecule has 0 heterocycles. The van der Waals surface area contributed by atoms with Gasteiger partial charge >= 0.3 is 0 Å². The van der Waals surface area contributed by atoms with E-state index < -0.39 is 0 Å². The molecule has 1 rings (SSSR count). The van der Waals surface area contributed by atoms with Crippen LogP contribution < -0.4 is 15.5 Å². The van der Waals surface area contributed by atoms with Gasteiger partial charge in [0.1, 0.15) is 0 Å². The first-order valence-electron chi connectivity index (χ1n) is 7.37. The lowest BCUT2D eigenvalue weighted by molar-refractivity contribution is -0.862. The molecule has 1 aromatic carbocycles. The van der Waals surface area contributed by atoms with E-state index in [9.17, 15) is 9.59 Å². The van der Waals surface area contributed by atoms with Crippen LogP contribution in [0, 0.1) is 13.8 Å². The molecule has 0 aliphatic carbocycles. The Bertz CT molecular complexity index is 500. The Morgan fingerprint density at radius 3 is 2.38 bits per heavy atom. The smallest absolute Gasteiger partial charge is 0.279 e. The Morgan fingerprint density at radius 1 is 1.10 bits per heavy atom. The van der Waals surface area contributed by atoms with Crippen LogP contribution >= 0.6 is 0 Å². The van der Waals surface area contributed by atoms with E-state index in [1.54, 1.807) is 0 Å². The highest BCUT2D eigenvalue weighted by molar-refractivity contribution is 5.91. The van der Waals surface area contributed by atoms with Crippen molar-refractivity contribution in [3.8, 4) is 0 Å². The standard InChI is InChI=1S/C16H25N3O2/c1-5-8-17-15(20)10-19(4)11-16(21)18-14-7-6-12(2)13(3)9-14/h6-7,9H,5,8,10-11H2,1-4H3,(H,17,20)(H,18,21)/p+1. The Balaban J connectivity index is 2.42. The van der Waals surface area contributed by atoms with Gasteiger partial charge in [-0.2, -0.15) is 0 Å². The summed E-state index contributed by atoms with van der Waals surface area (Å²) < 4.78 is 0. The number of likely N-dealkylation sites (N-methyl/N-ethyl adjacent to an activating group) is 1. The molecule has 21 heavy (non-hydrogen) atoms. The maximum absolute atomic E-state index is 12.0. The molecule has 2 amide bonds. The molecule has 0 aromatic heterocycles. The lowest BCUT2D eigenvalue weighted by Crippen LogP contribution is -3.11. The number of carbonyl (C=O) groups excluding carboxylic acids is 2. The summed E-state index contributed by atoms with van der Waals surface area (Å²) in [5.74, 6) is -0.104. The zero-order valence-corrected chi connectivity index (χ0v) is 13.4. The molecule has 1 aromatic rings. The number of amides is 2. The molecule has 116 valence electrons. The number of quaternary nitrogens is 1. The van der Waals surface area contributed by atoms with E-state index in [0.29, 0.717) is 13.1 Å². The van der Waals surface area contributed by atoms with Crippen LogP contribution in [0.4, 0.5) is 5.69 Å². The summed E-state index contributed by atoms with van der Waals surface area (Å²) in [6.07, 6.45) is 0.915. The average molecular weight is 292 g/mol. The predicted octanol–water partition coefficient (Wildman–Crippen LogP) is 0.283. The fourth-order valence-electron chi connectivity index (χ4n) is 1.96. The van der Waals surface area contributed by atoms with E-state index in [1.165, 1.54) is 5.56 Å². The number of aryl methyl sites for hydroxylation is 2. The molecule has 0 aliphatic heterocycles. The molecular formula is C16H26N3O2+. The van der Waals surface area contributed by atoms with Gasteiger partial charge < -0.3 is 15.5 Å². The van der Waals surface area contributed by atoms with Gasteiger partial charge in [0, 0.05) is 12.2 Å². The summed E-state index contributed by atoms with van der Waals surface area (Å²) in [5, 5.41) is 5.67. The largest absolute Gasteiger partial charge is 0.351 e. The first kappa shape index (κ1) is 17.2. The van der Waals surface area contributed by atoms with Crippen molar-refractivity contribution in [3.05, 3.63) is 29.3 Å². The monoisotopic (exact) mass is 292 g/mol. The van der Waals surface area contributed by atoms with Crippen molar-refractivity contribution in [2.45, 2.75) is 27.2 Å². The lowest BCUT2D eigenvalue weighted by atomic mass is 10.1. The van der Waals surface area contributed by atoms with E-state index in [-0.39, 0.29) is 18.4 Å². The van der Waals surface area contributed by atoms with Gasteiger partial charge in [-0.15, -0.1) is 0 Å². The molecule has 0 spiro atoms. The second-order valence-electron chi connectivity index (χ2n) is 5.51. The minimum Gasteiger partial charge on any atom is -0.351 e. The summed E-state index contributed by atoms with van der Waals surface area (Å²) in [6.45, 7) is 7.32. The molecule has 0 aliphatic rings. The van der Waals surface area contributed by atoms with Crippen LogP contribution in [0.1, 0.15) is 24.5 Å². The van der Waals surface area contributed by atoms with E-state index in [2.05, 4.69) is 10.6 Å². The summed E-state index contributed by atoms with van der Waals surface area (Å²) in [6, 6.07) is 5.83. The first-order chi connectivity index (χ1) is 9.92. The van der Waals surface area contributed by atoms with Crippen molar-refractivity contribution in [2.24, 2.45) is 0 Å². The Morgan fingerprint density at radius 2 is 1.76 bits per heavy atom. The maximum Gasteiger partial charge on any atom is 0.279 e. The quantitative estimate of drug-likeness (QED) is 0.676. The zero-order valence-electron chi connectivity index (χ0n) is 13.4. The van der Waals surface area contributed by atoms with Gasteiger partial charge in [-0.25, -0.2) is 0 Å². The second-order valence-corrected chi connectivity index (χ2v) is 5.51. The average Bonchev–Trinajstić information content (AvgIpc) is 2.40. The van der Waals surface area contributed by atoms with Gasteiger partial charge in [-0.05, 0) is 43.5 Å². The molecule has 3 N–H and O–H groups in total. The third kappa shape index (κ3) is 6.40. The fraction of sp³-hybridized carbons (Fsp3) is 0.500. The molecule has 0 saturated heterocycles. The normalized spacial score (nSPS) is 11.8. The first-order valence-corrected chi connectivity index (χ1v) is 7.37. The number of hydrogen-bond acceptors (Lipinski definition) is 2. The van der Waals surface area contributed by atoms with Crippen LogP contribution in [0.15, 0.2) is 18.2 Å². The topological polar surface area (TPSA) is 62.6 Å². The molecular weight excluding hydrogens is 266 g/mol. The summed E-state index contributed by atoms with van der Waals surface area (Å²) in [5.41, 5.74) is 3.14. The molecule has 5 nitrogen and oxygen atoms in total. The van der Waals surface area contributed by atoms with Gasteiger partial charge in [0.15, 0.2) is 13.1 Å². The highest BCUT2D eigenvalue weighted by Gasteiger charge is 2.14. The van der Waals surface area contributed by atoms with Crippen LogP contribution in [0.25, 0.3) is 0 Å². The second kappa shape index (κ2) is 8.42. The molecule has 0 fully saturated rings. The molecule has 1 unspecified atom stereocenters. The predicted molar refractivity (Wildman–Crippen MR) is 84.5 cm³/mol. The number of hydrogen-bond donors (Lipinski definition) is 3. The third-order valence-corrected chi connectivity index (χ3v) is 3.29. The Hall–Kier alpha value is -1.88. The molecule has 1 atom stereocenters. The number of rotatable bonds is 7. The van der Waals surface area contributed by atoms with E-state index >= 15 is 0 Å². The summed E-state index contributed by atoms with van der Waals surface area (Å²) >= 11 is 0. The Labute approximate surface area is 126 Å². The van der Waals surface area contributed by atoms with E-state index in [4.69, 9.17) is 0 Å². The molecule has 0 radical (unpaired) electrons. The van der Waals surface area contributed by atoms with Crippen molar-refractivity contribution in [3.63, 3.8) is 0 Å². The van der Waals surface area contributed by atoms with Crippen LogP contribution in [0.3, 0.4) is 0 Å². The fourth-order valence-corrected chi connectivity index (χ4v) is 1.96. The Kier molecular flexibility index (Phi) is 6.88. The minimum atomic E-state index is -0.0842. The molecule has 5 heteroatoms. The van der Waals surface area contributed by atoms with Crippen molar-refractivity contribution < 1.29 is 14.5 Å². The maximum atomic E-state index is 12.0. The molecule has 0 bridgehead atoms. The molecule has 0 saturated carbocycles. The van der Waals surface area contributed by atoms with Crippen LogP contribution in [0.5, 0.6) is 0 Å². The summed E-state index contributed by atoms with van der Waals surface area (Å²) in [4.78, 5) is 24.4. The number of nitrogens with one attached hydrogen (secondary N) is 3. The lowest BCUT2D eigenvalue weighted by Gasteiger charge is -2.14. The van der Waals surface area contributed by atoms with Gasteiger partial charge in [0.2, 0.25) is 0 Å². The SMILES string of the molecule is CCCNC(=O)C[NH+](C)CC(=O)Nc1ccc(C)c(C)c1. The van der Waals surface area contributed by atoms with Crippen molar-refractivity contribution in [1.82, 2.24) is 5.32 Å². The van der Waals surface area contributed by atoms with Gasteiger partial charge in [0.25, 0.3) is 11.8 Å². The third-order valence-electron chi connectivity index (χ3n) is 3.29. The van der Waals surface area contributed by atoms with E-state index in [1.807, 2.05) is 46.0 Å². The van der Waals surface area contributed by atoms with E-state index in [0.717, 1.165) is 22.6 Å². The number of carbonyl (C=O) groups is 2. The van der Waals surface area contributed by atoms with Crippen LogP contribution in [-0.4, -0.2) is 38.5 Å². The van der Waals surface area contributed by atoms with Gasteiger partial charge in [-0.1, -0.05) is 13.0 Å². The number of benzene rings is 1. The van der Waals surface area contributed by atoms with Crippen molar-refractivity contribution in [2.75, 3.05) is 32.0 Å².